The number of aromatic nitrogens is 1. The van der Waals surface area contributed by atoms with Crippen molar-refractivity contribution in [1.82, 2.24) is 9.88 Å². The zero-order valence-electron chi connectivity index (χ0n) is 14.6. The number of aliphatic hydroxyl groups excluding tert-OH is 2. The van der Waals surface area contributed by atoms with Crippen molar-refractivity contribution in [1.29, 1.82) is 0 Å². The van der Waals surface area contributed by atoms with Crippen LogP contribution in [0.15, 0.2) is 60.8 Å². The Morgan fingerprint density at radius 2 is 1.67 bits per heavy atom. The second-order valence-electron chi connectivity index (χ2n) is 5.92. The maximum atomic E-state index is 12.4. The molecule has 0 saturated carbocycles. The highest BCUT2D eigenvalue weighted by atomic mass is 16.3. The first-order chi connectivity index (χ1) is 13.0. The summed E-state index contributed by atoms with van der Waals surface area (Å²) in [6.45, 7) is 0. The highest BCUT2D eigenvalue weighted by Crippen LogP contribution is 2.18. The summed E-state index contributed by atoms with van der Waals surface area (Å²) < 4.78 is 1.21. The molecule has 0 spiro atoms. The Morgan fingerprint density at radius 1 is 0.963 bits per heavy atom. The first-order valence-electron chi connectivity index (χ1n) is 8.31. The van der Waals surface area contributed by atoms with E-state index in [1.54, 1.807) is 18.2 Å². The van der Waals surface area contributed by atoms with Gasteiger partial charge in [0.15, 0.2) is 12.2 Å². The molecule has 2 atom stereocenters. The molecule has 6 nitrogen and oxygen atoms in total. The van der Waals surface area contributed by atoms with Crippen molar-refractivity contribution in [3.05, 3.63) is 71.9 Å². The molecule has 6 heteroatoms. The van der Waals surface area contributed by atoms with Crippen LogP contribution in [0.3, 0.4) is 0 Å². The minimum Gasteiger partial charge on any atom is -0.380 e. The molecule has 1 amide bonds. The van der Waals surface area contributed by atoms with Crippen LogP contribution in [-0.2, 0) is 4.79 Å². The smallest absolute Gasteiger partial charge is 0.263 e. The molecule has 0 aliphatic carbocycles. The number of carbonyl (C=O) groups is 2. The minimum absolute atomic E-state index is 0.549. The molecular weight excluding hydrogens is 344 g/mol. The topological polar surface area (TPSA) is 91.6 Å². The molecule has 0 fully saturated rings. The fourth-order valence-corrected chi connectivity index (χ4v) is 2.65. The van der Waals surface area contributed by atoms with E-state index >= 15 is 0 Å². The fraction of sp³-hybridized carbons (Fsp3) is 0.143. The van der Waals surface area contributed by atoms with Crippen molar-refractivity contribution in [3.63, 3.8) is 0 Å². The number of hydrogen-bond donors (Lipinski definition) is 3. The molecule has 27 heavy (non-hydrogen) atoms. The van der Waals surface area contributed by atoms with Gasteiger partial charge in [-0.05, 0) is 36.4 Å². The summed E-state index contributed by atoms with van der Waals surface area (Å²) in [7, 11) is 1.31. The van der Waals surface area contributed by atoms with Crippen molar-refractivity contribution in [2.24, 2.45) is 0 Å². The number of rotatable bonds is 3. The van der Waals surface area contributed by atoms with Gasteiger partial charge in [-0.2, -0.15) is 0 Å². The molecule has 1 heterocycles. The molecule has 3 rings (SSSR count). The molecule has 2 aromatic carbocycles. The largest absolute Gasteiger partial charge is 0.380 e. The molecule has 0 radical (unpaired) electrons. The average molecular weight is 362 g/mol. The molecular formula is C21H18N2O4. The van der Waals surface area contributed by atoms with Gasteiger partial charge in [0.25, 0.3) is 11.8 Å². The van der Waals surface area contributed by atoms with Gasteiger partial charge in [-0.15, -0.1) is 0 Å². The molecule has 0 aliphatic heterocycles. The first kappa shape index (κ1) is 18.4. The highest BCUT2D eigenvalue weighted by molar-refractivity contribution is 5.98. The van der Waals surface area contributed by atoms with Gasteiger partial charge in [-0.1, -0.05) is 30.0 Å². The number of hydrogen-bond acceptors (Lipinski definition) is 4. The van der Waals surface area contributed by atoms with Crippen molar-refractivity contribution in [2.75, 3.05) is 7.05 Å². The normalized spacial score (nSPS) is 12.7. The number of aliphatic hydroxyl groups is 2. The summed E-state index contributed by atoms with van der Waals surface area (Å²) in [6, 6.07) is 16.6. The van der Waals surface area contributed by atoms with Crippen LogP contribution in [0.5, 0.6) is 0 Å². The van der Waals surface area contributed by atoms with Gasteiger partial charge < -0.3 is 15.5 Å². The number of fused-ring (bicyclic) bond motifs is 1. The van der Waals surface area contributed by atoms with Crippen molar-refractivity contribution in [2.45, 2.75) is 12.2 Å². The van der Waals surface area contributed by atoms with E-state index < -0.39 is 24.0 Å². The number of benzene rings is 2. The van der Waals surface area contributed by atoms with Crippen LogP contribution in [0.2, 0.25) is 0 Å². The lowest BCUT2D eigenvalue weighted by Crippen LogP contribution is -2.46. The lowest BCUT2D eigenvalue weighted by Gasteiger charge is -2.16. The maximum Gasteiger partial charge on any atom is 0.263 e. The van der Waals surface area contributed by atoms with E-state index in [2.05, 4.69) is 17.2 Å². The maximum absolute atomic E-state index is 12.4. The Labute approximate surface area is 156 Å². The van der Waals surface area contributed by atoms with E-state index in [9.17, 15) is 19.8 Å². The van der Waals surface area contributed by atoms with E-state index in [1.165, 1.54) is 17.8 Å². The van der Waals surface area contributed by atoms with Crippen LogP contribution in [-0.4, -0.2) is 45.9 Å². The summed E-state index contributed by atoms with van der Waals surface area (Å²) in [5.74, 6) is 4.52. The quantitative estimate of drug-likeness (QED) is 0.610. The van der Waals surface area contributed by atoms with Crippen LogP contribution in [0.25, 0.3) is 10.9 Å². The van der Waals surface area contributed by atoms with E-state index in [0.29, 0.717) is 5.52 Å². The van der Waals surface area contributed by atoms with Crippen molar-refractivity contribution >= 4 is 22.7 Å². The molecule has 0 aliphatic rings. The second-order valence-corrected chi connectivity index (χ2v) is 5.92. The fourth-order valence-electron chi connectivity index (χ4n) is 2.65. The second kappa shape index (κ2) is 7.87. The predicted octanol–water partition coefficient (Wildman–Crippen LogP) is 1.15. The van der Waals surface area contributed by atoms with Gasteiger partial charge in [-0.3, -0.25) is 14.2 Å². The third kappa shape index (κ3) is 3.90. The number of amides is 1. The third-order valence-corrected chi connectivity index (χ3v) is 4.12. The van der Waals surface area contributed by atoms with Gasteiger partial charge in [0.1, 0.15) is 0 Å². The van der Waals surface area contributed by atoms with E-state index in [-0.39, 0.29) is 0 Å². The Balaban J connectivity index is 1.87. The standard InChI is InChI=1S/C21H18N2O4/c1-22-20(26)18(24)19(25)21(27)23-12-11-16-13-15(9-10-17(16)23)8-7-14-5-3-2-4-6-14/h2-6,9-13,18-19,24-25H,1H3,(H,22,26). The van der Waals surface area contributed by atoms with Crippen molar-refractivity contribution in [3.8, 4) is 11.8 Å². The van der Waals surface area contributed by atoms with Gasteiger partial charge in [-0.25, -0.2) is 0 Å². The van der Waals surface area contributed by atoms with Gasteiger partial charge in [0.05, 0.1) is 5.52 Å². The number of nitrogens with one attached hydrogen (secondary N) is 1. The van der Waals surface area contributed by atoms with Crippen LogP contribution in [0, 0.1) is 11.8 Å². The Hall–Kier alpha value is -3.40. The zero-order valence-corrected chi connectivity index (χ0v) is 14.6. The lowest BCUT2D eigenvalue weighted by molar-refractivity contribution is -0.133. The van der Waals surface area contributed by atoms with Crippen LogP contribution < -0.4 is 5.32 Å². The molecule has 3 aromatic rings. The molecule has 0 saturated heterocycles. The third-order valence-electron chi connectivity index (χ3n) is 4.12. The Morgan fingerprint density at radius 3 is 2.37 bits per heavy atom. The first-order valence-corrected chi connectivity index (χ1v) is 8.31. The van der Waals surface area contributed by atoms with E-state index in [0.717, 1.165) is 16.5 Å². The van der Waals surface area contributed by atoms with Gasteiger partial charge in [0, 0.05) is 29.8 Å². The number of nitrogens with zero attached hydrogens (tertiary/aromatic N) is 1. The monoisotopic (exact) mass is 362 g/mol. The van der Waals surface area contributed by atoms with E-state index in [1.807, 2.05) is 36.4 Å². The molecule has 2 unspecified atom stereocenters. The molecule has 3 N–H and O–H groups in total. The Bertz CT molecular complexity index is 1040. The van der Waals surface area contributed by atoms with Crippen LogP contribution in [0.1, 0.15) is 15.9 Å². The molecule has 136 valence electrons. The summed E-state index contributed by atoms with van der Waals surface area (Å²) in [4.78, 5) is 23.8. The Kier molecular flexibility index (Phi) is 5.36. The lowest BCUT2D eigenvalue weighted by atomic mass is 10.1. The SMILES string of the molecule is CNC(=O)C(O)C(O)C(=O)n1ccc2cc(C#Cc3ccccc3)ccc21. The summed E-state index contributed by atoms with van der Waals surface area (Å²) in [5.41, 5.74) is 2.23. The number of carbonyl (C=O) groups excluding carboxylic acids is 2. The van der Waals surface area contributed by atoms with Crippen LogP contribution >= 0.6 is 0 Å². The van der Waals surface area contributed by atoms with E-state index in [4.69, 9.17) is 0 Å². The predicted molar refractivity (Wildman–Crippen MR) is 101 cm³/mol. The van der Waals surface area contributed by atoms with Crippen molar-refractivity contribution < 1.29 is 19.8 Å². The zero-order chi connectivity index (χ0) is 19.4. The highest BCUT2D eigenvalue weighted by Gasteiger charge is 2.31. The van der Waals surface area contributed by atoms with Gasteiger partial charge >= 0.3 is 0 Å². The van der Waals surface area contributed by atoms with Crippen LogP contribution in [0.4, 0.5) is 0 Å². The number of likely N-dealkylation sites (N-methyl/N-ethyl adjacent to an activating group) is 1. The molecule has 0 bridgehead atoms. The minimum atomic E-state index is -1.86. The van der Waals surface area contributed by atoms with Gasteiger partial charge in [0.2, 0.25) is 0 Å². The molecule has 1 aromatic heterocycles. The average Bonchev–Trinajstić information content (AvgIpc) is 3.14. The summed E-state index contributed by atoms with van der Waals surface area (Å²) in [5, 5.41) is 22.7. The summed E-state index contributed by atoms with van der Waals surface area (Å²) >= 11 is 0. The summed E-state index contributed by atoms with van der Waals surface area (Å²) in [6.07, 6.45) is -2.21.